The Morgan fingerprint density at radius 2 is 1.63 bits per heavy atom. The minimum Gasteiger partial charge on any atom is -0.394 e. The maximum Gasteiger partial charge on any atom is 0.236 e. The minimum atomic E-state index is -1.52. The fourth-order valence-electron chi connectivity index (χ4n) is 11.4. The lowest BCUT2D eigenvalue weighted by atomic mass is 9.33. The first-order valence-corrected chi connectivity index (χ1v) is 17.6. The van der Waals surface area contributed by atoms with Gasteiger partial charge in [-0.15, -0.1) is 0 Å². The normalized spacial score (nSPS) is 42.3. The molecule has 0 aliphatic heterocycles. The predicted molar refractivity (Wildman–Crippen MR) is 173 cm³/mol. The summed E-state index contributed by atoms with van der Waals surface area (Å²) >= 11 is 0. The molecular formula is C37H59NO8. The Morgan fingerprint density at radius 1 is 0.957 bits per heavy atom. The molecule has 0 aromatic carbocycles. The zero-order valence-electron chi connectivity index (χ0n) is 29.3. The Balaban J connectivity index is 1.56. The second kappa shape index (κ2) is 11.7. The molecule has 46 heavy (non-hydrogen) atoms. The molecule has 0 aromatic rings. The average Bonchev–Trinajstić information content (AvgIpc) is 2.96. The van der Waals surface area contributed by atoms with Crippen LogP contribution in [-0.2, 0) is 19.1 Å². The lowest BCUT2D eigenvalue weighted by Crippen LogP contribution is -2.68. The number of aliphatic hydroxyl groups is 4. The van der Waals surface area contributed by atoms with Gasteiger partial charge in [0.1, 0.15) is 29.2 Å². The number of Topliss-reactive ketones (excluding diaryl/α,β-unsaturated/α-hetero) is 2. The van der Waals surface area contributed by atoms with Gasteiger partial charge in [0.25, 0.3) is 0 Å². The number of carbonyl (C=O) groups is 3. The third-order valence-corrected chi connectivity index (χ3v) is 14.5. The molecule has 5 rings (SSSR count). The van der Waals surface area contributed by atoms with Gasteiger partial charge in [-0.05, 0) is 80.0 Å². The summed E-state index contributed by atoms with van der Waals surface area (Å²) in [6.45, 7) is 15.8. The maximum atomic E-state index is 14.8. The van der Waals surface area contributed by atoms with E-state index in [-0.39, 0.29) is 45.7 Å². The number of hydrogen-bond acceptors (Lipinski definition) is 8. The second-order valence-corrected chi connectivity index (χ2v) is 17.7. The number of allylic oxidation sites excluding steroid dienone is 2. The Hall–Kier alpha value is -1.65. The third-order valence-electron chi connectivity index (χ3n) is 14.5. The number of amides is 1. The maximum absolute atomic E-state index is 14.8. The summed E-state index contributed by atoms with van der Waals surface area (Å²) in [5, 5.41) is 43.0. The van der Waals surface area contributed by atoms with Crippen LogP contribution in [0.1, 0.15) is 113 Å². The molecule has 0 bridgehead atoms. The monoisotopic (exact) mass is 645 g/mol. The smallest absolute Gasteiger partial charge is 0.236 e. The van der Waals surface area contributed by atoms with Gasteiger partial charge in [-0.25, -0.2) is 0 Å². The molecular weight excluding hydrogens is 586 g/mol. The molecule has 0 spiro atoms. The van der Waals surface area contributed by atoms with E-state index in [2.05, 4.69) is 59.9 Å². The van der Waals surface area contributed by atoms with Crippen molar-refractivity contribution in [3.05, 3.63) is 11.6 Å². The molecule has 11 atom stereocenters. The second-order valence-electron chi connectivity index (χ2n) is 17.7. The van der Waals surface area contributed by atoms with Gasteiger partial charge >= 0.3 is 0 Å². The van der Waals surface area contributed by atoms with Crippen LogP contribution >= 0.6 is 0 Å². The first-order valence-electron chi connectivity index (χ1n) is 17.6. The first-order chi connectivity index (χ1) is 21.2. The number of carbonyl (C=O) groups excluding carboxylic acids is 3. The highest BCUT2D eigenvalue weighted by molar-refractivity contribution is 6.08. The Kier molecular flexibility index (Phi) is 9.11. The topological polar surface area (TPSA) is 153 Å². The third kappa shape index (κ3) is 5.08. The Labute approximate surface area is 274 Å². The van der Waals surface area contributed by atoms with Crippen molar-refractivity contribution in [3.63, 3.8) is 0 Å². The lowest BCUT2D eigenvalue weighted by molar-refractivity contribution is -0.189. The van der Waals surface area contributed by atoms with Crippen LogP contribution in [0.2, 0.25) is 0 Å². The van der Waals surface area contributed by atoms with Crippen molar-refractivity contribution in [1.29, 1.82) is 0 Å². The number of hydrogen-bond donors (Lipinski definition) is 5. The molecule has 260 valence electrons. The van der Waals surface area contributed by atoms with E-state index in [1.165, 1.54) is 12.5 Å². The van der Waals surface area contributed by atoms with Crippen LogP contribution in [0.5, 0.6) is 0 Å². The van der Waals surface area contributed by atoms with Crippen molar-refractivity contribution in [1.82, 2.24) is 5.32 Å². The van der Waals surface area contributed by atoms with Gasteiger partial charge in [-0.1, -0.05) is 60.1 Å². The summed E-state index contributed by atoms with van der Waals surface area (Å²) in [5.41, 5.74) is -1.32. The molecule has 5 unspecified atom stereocenters. The van der Waals surface area contributed by atoms with Gasteiger partial charge in [0.05, 0.1) is 19.3 Å². The highest BCUT2D eigenvalue weighted by Crippen LogP contribution is 2.75. The SMILES string of the molecule is C[C@H](O)C(CO)OC(NC(=O)[C@]12CCC(C)(C)CC1C1=CCC3[C@@]4(C)CCC(=O)C(C)(C)C4CC[C@@]3(C)[C@]1(C)CC2=O)[C@H](O)CO. The van der Waals surface area contributed by atoms with Crippen molar-refractivity contribution in [3.8, 4) is 0 Å². The van der Waals surface area contributed by atoms with Crippen molar-refractivity contribution in [2.24, 2.45) is 50.2 Å². The number of ketones is 2. The summed E-state index contributed by atoms with van der Waals surface area (Å²) in [7, 11) is 0. The molecule has 9 heteroatoms. The predicted octanol–water partition coefficient (Wildman–Crippen LogP) is 4.09. The summed E-state index contributed by atoms with van der Waals surface area (Å²) in [5.74, 6) is -0.0141. The standard InChI is InChI=1S/C37H59NO8/c1-21(41)25(20-40)46-30(24(42)19-39)38-31(45)37-16-15-32(2,3)17-23(37)22-9-10-27-34(6)13-12-28(43)33(4,5)26(34)11-14-35(27,7)36(22,8)18-29(37)44/h9,21,23-27,30,39-42H,10-20H2,1-8H3,(H,38,45)/t21-,23?,24+,25?,26?,27?,30?,34-,35+,36+,37+/m0/s1. The zero-order chi connectivity index (χ0) is 34.3. The van der Waals surface area contributed by atoms with Gasteiger partial charge in [0.2, 0.25) is 5.91 Å². The Morgan fingerprint density at radius 3 is 2.24 bits per heavy atom. The summed E-state index contributed by atoms with van der Waals surface area (Å²) in [4.78, 5) is 42.5. The quantitative estimate of drug-likeness (QED) is 0.150. The Bertz CT molecular complexity index is 1270. The number of ether oxygens (including phenoxy) is 1. The van der Waals surface area contributed by atoms with Crippen LogP contribution in [0.25, 0.3) is 0 Å². The molecule has 4 fully saturated rings. The van der Waals surface area contributed by atoms with Crippen molar-refractivity contribution < 1.29 is 39.5 Å². The van der Waals surface area contributed by atoms with Crippen LogP contribution in [0, 0.1) is 50.2 Å². The summed E-state index contributed by atoms with van der Waals surface area (Å²) < 4.78 is 5.74. The largest absolute Gasteiger partial charge is 0.394 e. The molecule has 5 N–H and O–H groups in total. The zero-order valence-corrected chi connectivity index (χ0v) is 29.3. The fraction of sp³-hybridized carbons (Fsp3) is 0.865. The lowest BCUT2D eigenvalue weighted by Gasteiger charge is -2.70. The van der Waals surface area contributed by atoms with E-state index in [0.717, 1.165) is 25.7 Å². The van der Waals surface area contributed by atoms with E-state index in [1.807, 2.05) is 0 Å². The van der Waals surface area contributed by atoms with Crippen molar-refractivity contribution >= 4 is 17.5 Å². The van der Waals surface area contributed by atoms with Crippen LogP contribution in [0.3, 0.4) is 0 Å². The van der Waals surface area contributed by atoms with Crippen LogP contribution in [0.4, 0.5) is 0 Å². The van der Waals surface area contributed by atoms with Crippen LogP contribution in [-0.4, -0.2) is 75.7 Å². The summed E-state index contributed by atoms with van der Waals surface area (Å²) in [6.07, 6.45) is 3.31. The molecule has 9 nitrogen and oxygen atoms in total. The van der Waals surface area contributed by atoms with Gasteiger partial charge in [-0.3, -0.25) is 14.4 Å². The van der Waals surface area contributed by atoms with E-state index >= 15 is 0 Å². The molecule has 0 saturated heterocycles. The summed E-state index contributed by atoms with van der Waals surface area (Å²) in [6, 6.07) is 0. The van der Waals surface area contributed by atoms with Crippen molar-refractivity contribution in [2.75, 3.05) is 13.2 Å². The van der Waals surface area contributed by atoms with Gasteiger partial charge in [0.15, 0.2) is 6.23 Å². The van der Waals surface area contributed by atoms with E-state index in [4.69, 9.17) is 4.74 Å². The van der Waals surface area contributed by atoms with Crippen LogP contribution < -0.4 is 5.32 Å². The van der Waals surface area contributed by atoms with Crippen molar-refractivity contribution in [2.45, 2.75) is 138 Å². The molecule has 0 aromatic heterocycles. The van der Waals surface area contributed by atoms with E-state index in [9.17, 15) is 34.8 Å². The highest BCUT2D eigenvalue weighted by atomic mass is 16.5. The molecule has 0 heterocycles. The average molecular weight is 646 g/mol. The molecule has 1 amide bonds. The van der Waals surface area contributed by atoms with E-state index < -0.39 is 54.5 Å². The molecule has 5 aliphatic rings. The van der Waals surface area contributed by atoms with Gasteiger partial charge < -0.3 is 30.5 Å². The minimum absolute atomic E-state index is 0.0334. The molecule has 5 aliphatic carbocycles. The fourth-order valence-corrected chi connectivity index (χ4v) is 11.4. The van der Waals surface area contributed by atoms with Gasteiger partial charge in [-0.2, -0.15) is 0 Å². The molecule has 0 radical (unpaired) electrons. The highest BCUT2D eigenvalue weighted by Gasteiger charge is 2.71. The number of rotatable bonds is 8. The number of aliphatic hydroxyl groups excluding tert-OH is 4. The van der Waals surface area contributed by atoms with Gasteiger partial charge in [0, 0.05) is 29.6 Å². The van der Waals surface area contributed by atoms with E-state index in [0.29, 0.717) is 37.4 Å². The number of fused-ring (bicyclic) bond motifs is 7. The number of nitrogens with one attached hydrogen (secondary N) is 1. The first kappa shape index (κ1) is 35.7. The molecule has 4 saturated carbocycles. The van der Waals surface area contributed by atoms with E-state index in [1.54, 1.807) is 0 Å². The van der Waals surface area contributed by atoms with Crippen LogP contribution in [0.15, 0.2) is 11.6 Å².